The van der Waals surface area contributed by atoms with Crippen molar-refractivity contribution >= 4 is 23.0 Å². The fraction of sp³-hybridized carbons (Fsp3) is 0.118. The van der Waals surface area contributed by atoms with Gasteiger partial charge in [0.15, 0.2) is 0 Å². The van der Waals surface area contributed by atoms with Gasteiger partial charge in [0.1, 0.15) is 5.65 Å². The molecule has 3 rings (SSSR count). The van der Waals surface area contributed by atoms with Gasteiger partial charge in [0, 0.05) is 52.9 Å². The van der Waals surface area contributed by atoms with Gasteiger partial charge >= 0.3 is 0 Å². The van der Waals surface area contributed by atoms with Gasteiger partial charge in [-0.05, 0) is 30.7 Å². The third-order valence-electron chi connectivity index (χ3n) is 3.57. The van der Waals surface area contributed by atoms with Crippen LogP contribution < -0.4 is 5.73 Å². The van der Waals surface area contributed by atoms with E-state index in [-0.39, 0.29) is 0 Å². The number of pyridine rings is 2. The Balaban J connectivity index is 2.07. The Labute approximate surface area is 132 Å². The molecule has 1 atom stereocenters. The molecule has 3 aromatic heterocycles. The Hall–Kier alpha value is -2.99. The van der Waals surface area contributed by atoms with Crippen molar-refractivity contribution in [1.82, 2.24) is 15.0 Å². The van der Waals surface area contributed by atoms with Crippen molar-refractivity contribution in [2.75, 3.05) is 0 Å². The predicted octanol–water partition coefficient (Wildman–Crippen LogP) is 2.18. The number of hydrogen-bond donors (Lipinski definition) is 3. The first kappa shape index (κ1) is 14.9. The molecule has 0 radical (unpaired) electrons. The van der Waals surface area contributed by atoms with E-state index in [0.717, 1.165) is 33.3 Å². The first-order valence-corrected chi connectivity index (χ1v) is 7.12. The predicted molar refractivity (Wildman–Crippen MR) is 88.2 cm³/mol. The second-order valence-electron chi connectivity index (χ2n) is 5.28. The zero-order valence-corrected chi connectivity index (χ0v) is 12.5. The lowest BCUT2D eigenvalue weighted by Gasteiger charge is -2.07. The number of amides is 1. The number of nitrogens with one attached hydrogen (secondary N) is 1. The van der Waals surface area contributed by atoms with Crippen LogP contribution in [-0.2, 0) is 4.79 Å². The summed E-state index contributed by atoms with van der Waals surface area (Å²) in [6.07, 6.45) is 9.24. The maximum absolute atomic E-state index is 10.9. The lowest BCUT2D eigenvalue weighted by molar-refractivity contribution is -0.113. The van der Waals surface area contributed by atoms with Crippen LogP contribution in [0, 0.1) is 0 Å². The molecule has 6 heteroatoms. The number of nitrogens with zero attached hydrogens (tertiary/aromatic N) is 2. The van der Waals surface area contributed by atoms with Crippen molar-refractivity contribution in [2.24, 2.45) is 5.73 Å². The highest BCUT2D eigenvalue weighted by atomic mass is 16.3. The van der Waals surface area contributed by atoms with Crippen molar-refractivity contribution in [3.63, 3.8) is 0 Å². The van der Waals surface area contributed by atoms with E-state index in [1.807, 2.05) is 12.1 Å². The average Bonchev–Trinajstić information content (AvgIpc) is 2.95. The number of H-pyrrole nitrogens is 1. The van der Waals surface area contributed by atoms with Crippen LogP contribution in [0.5, 0.6) is 0 Å². The maximum atomic E-state index is 10.9. The zero-order valence-electron chi connectivity index (χ0n) is 12.5. The molecule has 1 unspecified atom stereocenters. The topological polar surface area (TPSA) is 105 Å². The summed E-state index contributed by atoms with van der Waals surface area (Å²) in [5.41, 5.74) is 9.16. The molecular weight excluding hydrogens is 292 g/mol. The fourth-order valence-corrected chi connectivity index (χ4v) is 2.34. The molecule has 0 aliphatic rings. The van der Waals surface area contributed by atoms with Crippen molar-refractivity contribution in [3.05, 3.63) is 54.1 Å². The zero-order chi connectivity index (χ0) is 16.4. The summed E-state index contributed by atoms with van der Waals surface area (Å²) in [6.45, 7) is 1.70. The van der Waals surface area contributed by atoms with Crippen LogP contribution in [0.15, 0.2) is 43.0 Å². The second kappa shape index (κ2) is 6.02. The van der Waals surface area contributed by atoms with E-state index in [1.54, 1.807) is 37.8 Å². The van der Waals surface area contributed by atoms with Gasteiger partial charge in [0.2, 0.25) is 5.91 Å². The van der Waals surface area contributed by atoms with Crippen LogP contribution >= 0.6 is 0 Å². The Morgan fingerprint density at radius 2 is 2.09 bits per heavy atom. The van der Waals surface area contributed by atoms with E-state index >= 15 is 0 Å². The normalized spacial score (nSPS) is 12.8. The number of nitrogens with two attached hydrogens (primary N) is 1. The number of aliphatic hydroxyl groups is 1. The fourth-order valence-electron chi connectivity index (χ4n) is 2.34. The van der Waals surface area contributed by atoms with Crippen LogP contribution in [0.25, 0.3) is 28.2 Å². The molecule has 0 aliphatic carbocycles. The highest BCUT2D eigenvalue weighted by Crippen LogP contribution is 2.26. The molecular formula is C17H16N4O2. The molecule has 4 N–H and O–H groups in total. The average molecular weight is 308 g/mol. The number of carbonyl (C=O) groups is 1. The first-order chi connectivity index (χ1) is 11.0. The Morgan fingerprint density at radius 1 is 1.30 bits per heavy atom. The van der Waals surface area contributed by atoms with Gasteiger partial charge in [-0.1, -0.05) is 0 Å². The van der Waals surface area contributed by atoms with Gasteiger partial charge in [-0.15, -0.1) is 0 Å². The van der Waals surface area contributed by atoms with E-state index < -0.39 is 12.0 Å². The van der Waals surface area contributed by atoms with Crippen molar-refractivity contribution in [1.29, 1.82) is 0 Å². The van der Waals surface area contributed by atoms with E-state index in [0.29, 0.717) is 0 Å². The summed E-state index contributed by atoms with van der Waals surface area (Å²) in [5, 5.41) is 10.6. The largest absolute Gasteiger partial charge is 0.389 e. The minimum absolute atomic E-state index is 0.503. The maximum Gasteiger partial charge on any atom is 0.241 e. The molecule has 6 nitrogen and oxygen atoms in total. The Kier molecular flexibility index (Phi) is 3.91. The molecule has 0 aromatic carbocycles. The minimum atomic E-state index is -0.583. The summed E-state index contributed by atoms with van der Waals surface area (Å²) in [4.78, 5) is 22.5. The number of fused-ring (bicyclic) bond motifs is 1. The van der Waals surface area contributed by atoms with Gasteiger partial charge in [-0.2, -0.15) is 0 Å². The third kappa shape index (κ3) is 3.12. The summed E-state index contributed by atoms with van der Waals surface area (Å²) in [5.74, 6) is -0.503. The molecule has 0 spiro atoms. The summed E-state index contributed by atoms with van der Waals surface area (Å²) in [6, 6.07) is 3.84. The van der Waals surface area contributed by atoms with E-state index in [1.165, 1.54) is 6.08 Å². The standard InChI is InChI=1S/C17H16N4O2/c1-10(22)12-4-13(7-19-6-12)14-5-15-11(2-3-16(18)23)8-20-17(15)21-9-14/h2-10,22H,1H3,(H2,18,23)(H,20,21)/b3-2+. The number of carbonyl (C=O) groups excluding carboxylic acids is 1. The smallest absolute Gasteiger partial charge is 0.241 e. The molecule has 23 heavy (non-hydrogen) atoms. The summed E-state index contributed by atoms with van der Waals surface area (Å²) in [7, 11) is 0. The number of hydrogen-bond acceptors (Lipinski definition) is 4. The van der Waals surface area contributed by atoms with Crippen LogP contribution in [0.4, 0.5) is 0 Å². The number of aromatic nitrogens is 3. The number of primary amides is 1. The Bertz CT molecular complexity index is 896. The SMILES string of the molecule is CC(O)c1cncc(-c2cnc3[nH]cc(/C=C/C(N)=O)c3c2)c1. The van der Waals surface area contributed by atoms with Gasteiger partial charge in [0.05, 0.1) is 6.10 Å². The third-order valence-corrected chi connectivity index (χ3v) is 3.57. The lowest BCUT2D eigenvalue weighted by Crippen LogP contribution is -2.04. The van der Waals surface area contributed by atoms with Crippen LogP contribution in [0.3, 0.4) is 0 Å². The quantitative estimate of drug-likeness (QED) is 0.642. The van der Waals surface area contributed by atoms with Gasteiger partial charge in [-0.3, -0.25) is 9.78 Å². The molecule has 1 amide bonds. The summed E-state index contributed by atoms with van der Waals surface area (Å²) < 4.78 is 0. The monoisotopic (exact) mass is 308 g/mol. The molecule has 0 fully saturated rings. The first-order valence-electron chi connectivity index (χ1n) is 7.12. The van der Waals surface area contributed by atoms with E-state index in [9.17, 15) is 9.90 Å². The van der Waals surface area contributed by atoms with Crippen molar-refractivity contribution in [3.8, 4) is 11.1 Å². The van der Waals surface area contributed by atoms with Crippen molar-refractivity contribution in [2.45, 2.75) is 13.0 Å². The minimum Gasteiger partial charge on any atom is -0.389 e. The number of aliphatic hydroxyl groups excluding tert-OH is 1. The van der Waals surface area contributed by atoms with Crippen LogP contribution in [0.2, 0.25) is 0 Å². The lowest BCUT2D eigenvalue weighted by atomic mass is 10.0. The van der Waals surface area contributed by atoms with Crippen LogP contribution in [-0.4, -0.2) is 26.0 Å². The summed E-state index contributed by atoms with van der Waals surface area (Å²) >= 11 is 0. The molecule has 0 aliphatic heterocycles. The molecule has 0 saturated heterocycles. The second-order valence-corrected chi connectivity index (χ2v) is 5.28. The number of aromatic amines is 1. The van der Waals surface area contributed by atoms with Gasteiger partial charge in [-0.25, -0.2) is 4.98 Å². The number of rotatable bonds is 4. The van der Waals surface area contributed by atoms with Crippen LogP contribution in [0.1, 0.15) is 24.2 Å². The van der Waals surface area contributed by atoms with Gasteiger partial charge < -0.3 is 15.8 Å². The molecule has 116 valence electrons. The molecule has 3 aromatic rings. The van der Waals surface area contributed by atoms with E-state index in [4.69, 9.17) is 5.73 Å². The Morgan fingerprint density at radius 3 is 2.83 bits per heavy atom. The van der Waals surface area contributed by atoms with E-state index in [2.05, 4.69) is 15.0 Å². The highest BCUT2D eigenvalue weighted by Gasteiger charge is 2.08. The molecule has 0 bridgehead atoms. The molecule has 0 saturated carbocycles. The van der Waals surface area contributed by atoms with Crippen molar-refractivity contribution < 1.29 is 9.90 Å². The molecule has 3 heterocycles. The van der Waals surface area contributed by atoms with Gasteiger partial charge in [0.25, 0.3) is 0 Å². The highest BCUT2D eigenvalue weighted by molar-refractivity contribution is 5.95.